The molecule has 0 fully saturated rings. The second-order valence-electron chi connectivity index (χ2n) is 6.80. The summed E-state index contributed by atoms with van der Waals surface area (Å²) in [5.74, 6) is 0.408. The molecule has 2 heterocycles. The molecule has 2 aromatic heterocycles. The van der Waals surface area contributed by atoms with E-state index in [0.717, 1.165) is 5.56 Å². The maximum Gasteiger partial charge on any atom is 0.263 e. The lowest BCUT2D eigenvalue weighted by molar-refractivity contribution is 0.366. The third kappa shape index (κ3) is 3.14. The van der Waals surface area contributed by atoms with Crippen LogP contribution < -0.4 is 10.9 Å². The van der Waals surface area contributed by atoms with Gasteiger partial charge in [0.1, 0.15) is 5.39 Å². The number of nitrogens with one attached hydrogen (secondary N) is 2. The topological polar surface area (TPSA) is 75.6 Å². The Hall–Kier alpha value is -2.34. The Morgan fingerprint density at radius 2 is 2.08 bits per heavy atom. The lowest BCUT2D eigenvalue weighted by Gasteiger charge is -2.20. The van der Waals surface area contributed by atoms with Gasteiger partial charge in [-0.25, -0.2) is 4.68 Å². The Balaban J connectivity index is 1.99. The van der Waals surface area contributed by atoms with Gasteiger partial charge in [0.25, 0.3) is 5.56 Å². The first-order valence-electron chi connectivity index (χ1n) is 7.76. The van der Waals surface area contributed by atoms with E-state index in [0.29, 0.717) is 22.0 Å². The first-order chi connectivity index (χ1) is 11.3. The first-order valence-corrected chi connectivity index (χ1v) is 8.14. The van der Waals surface area contributed by atoms with Crippen LogP contribution in [0.2, 0.25) is 5.02 Å². The summed E-state index contributed by atoms with van der Waals surface area (Å²) in [6.45, 7) is 8.04. The summed E-state index contributed by atoms with van der Waals surface area (Å²) in [6, 6.07) is 7.51. The zero-order valence-corrected chi connectivity index (χ0v) is 14.8. The molecule has 6 nitrogen and oxygen atoms in total. The molecule has 2 N–H and O–H groups in total. The average Bonchev–Trinajstić information content (AvgIpc) is 2.91. The minimum atomic E-state index is -0.265. The highest BCUT2D eigenvalue weighted by Gasteiger charge is 2.20. The minimum absolute atomic E-state index is 0.0599. The maximum atomic E-state index is 12.3. The molecular weight excluding hydrogens is 326 g/mol. The number of aromatic amines is 1. The van der Waals surface area contributed by atoms with Gasteiger partial charge in [0.2, 0.25) is 5.95 Å². The molecule has 1 atom stereocenters. The van der Waals surface area contributed by atoms with Gasteiger partial charge >= 0.3 is 0 Å². The van der Waals surface area contributed by atoms with Crippen molar-refractivity contribution in [2.24, 2.45) is 0 Å². The second kappa shape index (κ2) is 5.94. The van der Waals surface area contributed by atoms with Crippen LogP contribution in [0.25, 0.3) is 11.0 Å². The van der Waals surface area contributed by atoms with Gasteiger partial charge in [-0.1, -0.05) is 23.7 Å². The highest BCUT2D eigenvalue weighted by molar-refractivity contribution is 6.30. The van der Waals surface area contributed by atoms with Gasteiger partial charge in [-0.2, -0.15) is 10.1 Å². The molecule has 0 saturated carbocycles. The molecule has 7 heteroatoms. The molecule has 0 aliphatic rings. The summed E-state index contributed by atoms with van der Waals surface area (Å²) in [6.07, 6.45) is 1.55. The van der Waals surface area contributed by atoms with E-state index < -0.39 is 0 Å². The van der Waals surface area contributed by atoms with Gasteiger partial charge in [-0.05, 0) is 45.4 Å². The summed E-state index contributed by atoms with van der Waals surface area (Å²) >= 11 is 6.04. The minimum Gasteiger partial charge on any atom is -0.349 e. The normalized spacial score (nSPS) is 13.2. The van der Waals surface area contributed by atoms with Gasteiger partial charge in [0.15, 0.2) is 5.65 Å². The van der Waals surface area contributed by atoms with E-state index in [-0.39, 0.29) is 17.1 Å². The molecule has 1 unspecified atom stereocenters. The van der Waals surface area contributed by atoms with E-state index in [9.17, 15) is 4.79 Å². The molecule has 0 saturated heterocycles. The average molecular weight is 346 g/mol. The highest BCUT2D eigenvalue weighted by atomic mass is 35.5. The van der Waals surface area contributed by atoms with Crippen LogP contribution in [0.3, 0.4) is 0 Å². The maximum absolute atomic E-state index is 12.3. The van der Waals surface area contributed by atoms with Crippen molar-refractivity contribution in [3.05, 3.63) is 51.4 Å². The number of benzene rings is 1. The Kier molecular flexibility index (Phi) is 4.09. The third-order valence-corrected chi connectivity index (χ3v) is 4.01. The number of fused-ring (bicyclic) bond motifs is 1. The van der Waals surface area contributed by atoms with Crippen LogP contribution in [0.4, 0.5) is 5.95 Å². The third-order valence-electron chi connectivity index (χ3n) is 3.78. The van der Waals surface area contributed by atoms with Gasteiger partial charge in [0.05, 0.1) is 17.8 Å². The van der Waals surface area contributed by atoms with Crippen molar-refractivity contribution in [1.82, 2.24) is 19.7 Å². The molecule has 3 aromatic rings. The summed E-state index contributed by atoms with van der Waals surface area (Å²) in [7, 11) is 0. The number of hydrogen-bond donors (Lipinski definition) is 2. The summed E-state index contributed by atoms with van der Waals surface area (Å²) < 4.78 is 1.76. The fourth-order valence-corrected chi connectivity index (χ4v) is 2.74. The molecular formula is C17H20ClN5O. The van der Waals surface area contributed by atoms with Crippen molar-refractivity contribution < 1.29 is 0 Å². The quantitative estimate of drug-likeness (QED) is 0.758. The van der Waals surface area contributed by atoms with E-state index in [2.05, 4.69) is 20.4 Å². The van der Waals surface area contributed by atoms with Gasteiger partial charge in [0, 0.05) is 5.02 Å². The molecule has 24 heavy (non-hydrogen) atoms. The molecule has 0 radical (unpaired) electrons. The zero-order valence-electron chi connectivity index (χ0n) is 14.1. The molecule has 0 aliphatic carbocycles. The molecule has 3 rings (SSSR count). The first kappa shape index (κ1) is 16.5. The molecule has 0 aliphatic heterocycles. The van der Waals surface area contributed by atoms with Crippen molar-refractivity contribution in [3.8, 4) is 0 Å². The van der Waals surface area contributed by atoms with Gasteiger partial charge in [-0.3, -0.25) is 9.78 Å². The molecule has 0 spiro atoms. The number of halogens is 1. The number of anilines is 1. The van der Waals surface area contributed by atoms with Crippen LogP contribution in [0.5, 0.6) is 0 Å². The predicted octanol–water partition coefficient (Wildman–Crippen LogP) is 3.70. The Labute approximate surface area is 144 Å². The van der Waals surface area contributed by atoms with Crippen LogP contribution in [0, 0.1) is 0 Å². The standard InChI is InChI=1S/C17H20ClN5O/c1-10(11-6-5-7-12(18)8-11)20-16-21-14-13(15(24)22-16)9-19-23(14)17(2,3)4/h5-10H,1-4H3,(H2,20,21,22,24). The van der Waals surface area contributed by atoms with E-state index in [4.69, 9.17) is 11.6 Å². The van der Waals surface area contributed by atoms with E-state index in [1.54, 1.807) is 10.9 Å². The Morgan fingerprint density at radius 3 is 2.75 bits per heavy atom. The van der Waals surface area contributed by atoms with E-state index in [1.165, 1.54) is 0 Å². The molecule has 1 aromatic carbocycles. The van der Waals surface area contributed by atoms with Crippen LogP contribution in [-0.2, 0) is 5.54 Å². The van der Waals surface area contributed by atoms with Crippen molar-refractivity contribution in [2.45, 2.75) is 39.3 Å². The van der Waals surface area contributed by atoms with Crippen molar-refractivity contribution in [3.63, 3.8) is 0 Å². The smallest absolute Gasteiger partial charge is 0.263 e. The van der Waals surface area contributed by atoms with Gasteiger partial charge in [-0.15, -0.1) is 0 Å². The van der Waals surface area contributed by atoms with Crippen molar-refractivity contribution in [2.75, 3.05) is 5.32 Å². The summed E-state index contributed by atoms with van der Waals surface area (Å²) in [5, 5.41) is 8.67. The number of H-pyrrole nitrogens is 1. The zero-order chi connectivity index (χ0) is 17.5. The molecule has 0 bridgehead atoms. The van der Waals surface area contributed by atoms with Crippen LogP contribution >= 0.6 is 11.6 Å². The number of aromatic nitrogens is 4. The molecule has 126 valence electrons. The predicted molar refractivity (Wildman–Crippen MR) is 96.6 cm³/mol. The fourth-order valence-electron chi connectivity index (χ4n) is 2.54. The fraction of sp³-hybridized carbons (Fsp3) is 0.353. The second-order valence-corrected chi connectivity index (χ2v) is 7.24. The number of hydrogen-bond acceptors (Lipinski definition) is 4. The molecule has 0 amide bonds. The van der Waals surface area contributed by atoms with Crippen molar-refractivity contribution >= 4 is 28.6 Å². The van der Waals surface area contributed by atoms with Crippen LogP contribution in [0.15, 0.2) is 35.3 Å². The lowest BCUT2D eigenvalue weighted by Crippen LogP contribution is -2.24. The summed E-state index contributed by atoms with van der Waals surface area (Å²) in [4.78, 5) is 19.6. The highest BCUT2D eigenvalue weighted by Crippen LogP contribution is 2.22. The summed E-state index contributed by atoms with van der Waals surface area (Å²) in [5.41, 5.74) is 1.09. The van der Waals surface area contributed by atoms with E-state index in [1.807, 2.05) is 52.0 Å². The Morgan fingerprint density at radius 1 is 1.33 bits per heavy atom. The number of rotatable bonds is 3. The number of nitrogens with zero attached hydrogens (tertiary/aromatic N) is 3. The SMILES string of the molecule is CC(Nc1nc2c(cnn2C(C)(C)C)c(=O)[nH]1)c1cccc(Cl)c1. The largest absolute Gasteiger partial charge is 0.349 e. The van der Waals surface area contributed by atoms with Crippen LogP contribution in [0.1, 0.15) is 39.3 Å². The van der Waals surface area contributed by atoms with Crippen molar-refractivity contribution in [1.29, 1.82) is 0 Å². The monoisotopic (exact) mass is 345 g/mol. The lowest BCUT2D eigenvalue weighted by atomic mass is 10.1. The van der Waals surface area contributed by atoms with E-state index >= 15 is 0 Å². The van der Waals surface area contributed by atoms with Crippen LogP contribution in [-0.4, -0.2) is 19.7 Å². The Bertz CT molecular complexity index is 938. The van der Waals surface area contributed by atoms with Gasteiger partial charge < -0.3 is 5.32 Å².